The molecule has 1 aliphatic heterocycles. The lowest BCUT2D eigenvalue weighted by Crippen LogP contribution is -2.41. The summed E-state index contributed by atoms with van der Waals surface area (Å²) in [6, 6.07) is 9.41. The summed E-state index contributed by atoms with van der Waals surface area (Å²) in [4.78, 5) is 19.2. The first-order chi connectivity index (χ1) is 12.3. The van der Waals surface area contributed by atoms with Gasteiger partial charge in [-0.2, -0.15) is 10.2 Å². The molecule has 2 aromatic heterocycles. The van der Waals surface area contributed by atoms with E-state index in [-0.39, 0.29) is 11.9 Å². The van der Waals surface area contributed by atoms with Gasteiger partial charge in [0.15, 0.2) is 0 Å². The Hall–Kier alpha value is -3.22. The molecule has 7 nitrogen and oxygen atoms in total. The smallest absolute Gasteiger partial charge is 0.256 e. The zero-order valence-electron chi connectivity index (χ0n) is 13.7. The SMILES string of the molecule is COc1ccc(C2Cn3ccnc3CN2C(=O)c2ccnnc2)cc1. The van der Waals surface area contributed by atoms with Gasteiger partial charge in [-0.05, 0) is 23.8 Å². The van der Waals surface area contributed by atoms with Gasteiger partial charge in [0.1, 0.15) is 11.6 Å². The molecule has 0 spiro atoms. The molecular formula is C18H17N5O2. The van der Waals surface area contributed by atoms with Crippen molar-refractivity contribution in [1.29, 1.82) is 0 Å². The minimum atomic E-state index is -0.0896. The quantitative estimate of drug-likeness (QED) is 0.733. The number of imidazole rings is 1. The molecule has 1 amide bonds. The van der Waals surface area contributed by atoms with E-state index < -0.39 is 0 Å². The van der Waals surface area contributed by atoms with Crippen LogP contribution >= 0.6 is 0 Å². The van der Waals surface area contributed by atoms with E-state index in [9.17, 15) is 4.79 Å². The van der Waals surface area contributed by atoms with E-state index >= 15 is 0 Å². The van der Waals surface area contributed by atoms with Gasteiger partial charge in [0.25, 0.3) is 5.91 Å². The maximum absolute atomic E-state index is 13.0. The van der Waals surface area contributed by atoms with Crippen molar-refractivity contribution in [3.05, 3.63) is 72.1 Å². The van der Waals surface area contributed by atoms with E-state index in [1.54, 1.807) is 19.4 Å². The molecule has 0 bridgehead atoms. The summed E-state index contributed by atoms with van der Waals surface area (Å²) in [7, 11) is 1.64. The third-order valence-corrected chi connectivity index (χ3v) is 4.45. The van der Waals surface area contributed by atoms with Gasteiger partial charge in [-0.1, -0.05) is 12.1 Å². The molecule has 0 saturated carbocycles. The third kappa shape index (κ3) is 2.84. The van der Waals surface area contributed by atoms with Crippen LogP contribution in [-0.4, -0.2) is 37.7 Å². The van der Waals surface area contributed by atoms with Gasteiger partial charge >= 0.3 is 0 Å². The minimum absolute atomic E-state index is 0.0787. The second-order valence-corrected chi connectivity index (χ2v) is 5.85. The van der Waals surface area contributed by atoms with Crippen molar-refractivity contribution in [2.75, 3.05) is 7.11 Å². The molecule has 25 heavy (non-hydrogen) atoms. The number of aromatic nitrogens is 4. The second-order valence-electron chi connectivity index (χ2n) is 5.85. The molecule has 1 aliphatic rings. The molecule has 1 aromatic carbocycles. The Bertz CT molecular complexity index is 876. The monoisotopic (exact) mass is 335 g/mol. The third-order valence-electron chi connectivity index (χ3n) is 4.45. The van der Waals surface area contributed by atoms with Crippen LogP contribution in [0.4, 0.5) is 0 Å². The van der Waals surface area contributed by atoms with Gasteiger partial charge < -0.3 is 14.2 Å². The highest BCUT2D eigenvalue weighted by Gasteiger charge is 2.32. The first-order valence-electron chi connectivity index (χ1n) is 7.98. The normalized spacial score (nSPS) is 16.4. The van der Waals surface area contributed by atoms with Gasteiger partial charge in [-0.25, -0.2) is 4.98 Å². The van der Waals surface area contributed by atoms with Gasteiger partial charge in [0, 0.05) is 18.9 Å². The second kappa shape index (κ2) is 6.35. The van der Waals surface area contributed by atoms with Crippen molar-refractivity contribution >= 4 is 5.91 Å². The Morgan fingerprint density at radius 2 is 2.00 bits per heavy atom. The Morgan fingerprint density at radius 3 is 2.72 bits per heavy atom. The molecule has 1 atom stereocenters. The molecule has 4 rings (SSSR count). The van der Waals surface area contributed by atoms with Crippen LogP contribution in [0.15, 0.2) is 55.1 Å². The summed E-state index contributed by atoms with van der Waals surface area (Å²) >= 11 is 0. The van der Waals surface area contributed by atoms with Crippen LogP contribution in [-0.2, 0) is 13.1 Å². The lowest BCUT2D eigenvalue weighted by Gasteiger charge is -2.36. The van der Waals surface area contributed by atoms with Crippen molar-refractivity contribution < 1.29 is 9.53 Å². The van der Waals surface area contributed by atoms with E-state index in [1.807, 2.05) is 35.4 Å². The summed E-state index contributed by atoms with van der Waals surface area (Å²) < 4.78 is 7.32. The molecule has 3 heterocycles. The van der Waals surface area contributed by atoms with Crippen molar-refractivity contribution in [2.24, 2.45) is 0 Å². The summed E-state index contributed by atoms with van der Waals surface area (Å²) in [6.45, 7) is 1.11. The highest BCUT2D eigenvalue weighted by molar-refractivity contribution is 5.94. The lowest BCUT2D eigenvalue weighted by molar-refractivity contribution is 0.0583. The molecular weight excluding hydrogens is 318 g/mol. The summed E-state index contributed by atoms with van der Waals surface area (Å²) in [5.74, 6) is 1.59. The number of benzene rings is 1. The van der Waals surface area contributed by atoms with Crippen LogP contribution in [0.2, 0.25) is 0 Å². The zero-order chi connectivity index (χ0) is 17.2. The highest BCUT2D eigenvalue weighted by atomic mass is 16.5. The number of ether oxygens (including phenoxy) is 1. The van der Waals surface area contributed by atoms with E-state index in [4.69, 9.17) is 4.74 Å². The Balaban J connectivity index is 1.71. The number of fused-ring (bicyclic) bond motifs is 1. The number of hydrogen-bond donors (Lipinski definition) is 0. The highest BCUT2D eigenvalue weighted by Crippen LogP contribution is 2.31. The number of nitrogens with zero attached hydrogens (tertiary/aromatic N) is 5. The molecule has 0 N–H and O–H groups in total. The van der Waals surface area contributed by atoms with E-state index in [1.165, 1.54) is 12.4 Å². The average molecular weight is 335 g/mol. The van der Waals surface area contributed by atoms with Crippen LogP contribution in [0.5, 0.6) is 5.75 Å². The van der Waals surface area contributed by atoms with Crippen LogP contribution in [0.25, 0.3) is 0 Å². The van der Waals surface area contributed by atoms with Gasteiger partial charge in [-0.3, -0.25) is 4.79 Å². The molecule has 126 valence electrons. The zero-order valence-corrected chi connectivity index (χ0v) is 13.7. The van der Waals surface area contributed by atoms with Gasteiger partial charge in [-0.15, -0.1) is 0 Å². The van der Waals surface area contributed by atoms with Crippen LogP contribution in [0, 0.1) is 0 Å². The number of hydrogen-bond acceptors (Lipinski definition) is 5. The molecule has 0 fully saturated rings. The molecule has 0 radical (unpaired) electrons. The number of methoxy groups -OCH3 is 1. The average Bonchev–Trinajstić information content (AvgIpc) is 3.15. The minimum Gasteiger partial charge on any atom is -0.497 e. The first-order valence-corrected chi connectivity index (χ1v) is 7.98. The van der Waals surface area contributed by atoms with Gasteiger partial charge in [0.2, 0.25) is 0 Å². The van der Waals surface area contributed by atoms with Crippen LogP contribution < -0.4 is 4.74 Å². The van der Waals surface area contributed by atoms with Crippen molar-refractivity contribution in [1.82, 2.24) is 24.6 Å². The van der Waals surface area contributed by atoms with E-state index in [0.717, 1.165) is 17.1 Å². The standard InChI is InChI=1S/C18H17N5O2/c1-25-15-4-2-13(3-5-15)16-11-22-9-8-19-17(22)12-23(16)18(24)14-6-7-20-21-10-14/h2-10,16H,11-12H2,1H3. The molecule has 7 heteroatoms. The lowest BCUT2D eigenvalue weighted by atomic mass is 10.0. The number of carbonyl (C=O) groups is 1. The topological polar surface area (TPSA) is 73.1 Å². The fourth-order valence-corrected chi connectivity index (χ4v) is 3.11. The van der Waals surface area contributed by atoms with Crippen molar-refractivity contribution in [3.63, 3.8) is 0 Å². The van der Waals surface area contributed by atoms with E-state index in [2.05, 4.69) is 19.7 Å². The first kappa shape index (κ1) is 15.3. The number of carbonyl (C=O) groups excluding carboxylic acids is 1. The fourth-order valence-electron chi connectivity index (χ4n) is 3.11. The van der Waals surface area contributed by atoms with Crippen LogP contribution in [0.1, 0.15) is 27.8 Å². The van der Waals surface area contributed by atoms with Crippen molar-refractivity contribution in [2.45, 2.75) is 19.1 Å². The maximum Gasteiger partial charge on any atom is 0.256 e. The predicted molar refractivity (Wildman–Crippen MR) is 89.9 cm³/mol. The largest absolute Gasteiger partial charge is 0.497 e. The molecule has 0 saturated heterocycles. The predicted octanol–water partition coefficient (Wildman–Crippen LogP) is 2.08. The number of amides is 1. The van der Waals surface area contributed by atoms with Gasteiger partial charge in [0.05, 0.1) is 37.7 Å². The van der Waals surface area contributed by atoms with E-state index in [0.29, 0.717) is 18.7 Å². The summed E-state index contributed by atoms with van der Waals surface area (Å²) in [6.07, 6.45) is 6.74. The summed E-state index contributed by atoms with van der Waals surface area (Å²) in [5.41, 5.74) is 1.57. The number of rotatable bonds is 3. The van der Waals surface area contributed by atoms with Crippen molar-refractivity contribution in [3.8, 4) is 5.75 Å². The molecule has 3 aromatic rings. The fraction of sp³-hybridized carbons (Fsp3) is 0.222. The maximum atomic E-state index is 13.0. The Labute approximate surface area is 144 Å². The Morgan fingerprint density at radius 1 is 1.16 bits per heavy atom. The molecule has 1 unspecified atom stereocenters. The molecule has 0 aliphatic carbocycles. The summed E-state index contributed by atoms with van der Waals surface area (Å²) in [5, 5.41) is 7.57. The Kier molecular flexibility index (Phi) is 3.89. The van der Waals surface area contributed by atoms with Crippen LogP contribution in [0.3, 0.4) is 0 Å².